The zero-order valence-corrected chi connectivity index (χ0v) is 12.7. The molecule has 0 radical (unpaired) electrons. The van der Waals surface area contributed by atoms with E-state index in [1.165, 1.54) is 13.0 Å². The van der Waals surface area contributed by atoms with E-state index >= 15 is 0 Å². The van der Waals surface area contributed by atoms with Crippen LogP contribution in [0.4, 0.5) is 0 Å². The summed E-state index contributed by atoms with van der Waals surface area (Å²) in [5, 5.41) is 0. The van der Waals surface area contributed by atoms with Gasteiger partial charge >= 0.3 is 91.6 Å². The van der Waals surface area contributed by atoms with Gasteiger partial charge in [-0.15, -0.1) is 0 Å². The van der Waals surface area contributed by atoms with Crippen LogP contribution in [0.5, 0.6) is 0 Å². The van der Waals surface area contributed by atoms with E-state index in [2.05, 4.69) is 19.0 Å². The van der Waals surface area contributed by atoms with E-state index in [4.69, 9.17) is 0 Å². The summed E-state index contributed by atoms with van der Waals surface area (Å²) in [5.41, 5.74) is 0. The van der Waals surface area contributed by atoms with Crippen LogP contribution in [0.1, 0.15) is 32.1 Å². The van der Waals surface area contributed by atoms with Crippen molar-refractivity contribution in [3.05, 3.63) is 0 Å². The number of nitrogens with zero attached hydrogens (tertiary/aromatic N) is 1. The van der Waals surface area contributed by atoms with Crippen LogP contribution in [0.25, 0.3) is 0 Å². The molecule has 0 unspecified atom stereocenters. The normalized spacial score (nSPS) is 18.2. The van der Waals surface area contributed by atoms with E-state index in [1.807, 2.05) is 0 Å². The summed E-state index contributed by atoms with van der Waals surface area (Å²) in [5.74, 6) is 0. The molecule has 1 aliphatic rings. The average Bonchev–Trinajstić information content (AvgIpc) is 2.14. The fourth-order valence-electron chi connectivity index (χ4n) is 2.34. The predicted octanol–water partition coefficient (Wildman–Crippen LogP) is 3.01. The minimum absolute atomic E-state index is 0.867. The number of hydrogen-bond acceptors (Lipinski definition) is 1. The van der Waals surface area contributed by atoms with Crippen molar-refractivity contribution in [1.82, 2.24) is 4.90 Å². The van der Waals surface area contributed by atoms with E-state index in [0.717, 1.165) is 0 Å². The third-order valence-corrected chi connectivity index (χ3v) is 13.7. The molecule has 1 rings (SSSR count). The number of hydrogen-bond donors (Lipinski definition) is 0. The van der Waals surface area contributed by atoms with Crippen LogP contribution in [-0.2, 0) is 0 Å². The van der Waals surface area contributed by atoms with E-state index < -0.39 is 21.4 Å². The van der Waals surface area contributed by atoms with Crippen LogP contribution in [0, 0.1) is 0 Å². The van der Waals surface area contributed by atoms with Crippen molar-refractivity contribution in [1.29, 1.82) is 0 Å². The second kappa shape index (κ2) is 7.17. The van der Waals surface area contributed by atoms with Crippen molar-refractivity contribution in [2.45, 2.75) is 44.6 Å². The maximum atomic E-state index is 2.32. The van der Waals surface area contributed by atoms with Crippen molar-refractivity contribution in [2.24, 2.45) is 0 Å². The quantitative estimate of drug-likeness (QED) is 0.702. The van der Waals surface area contributed by atoms with Crippen LogP contribution in [-0.4, -0.2) is 47.0 Å². The standard InChI is InChI=1S/C6H14N.C5H10.In/c1-4-5-6-7(2)3;1-3-5-4-2;/h1,4-6H2,2-3H3;1-5H2;. The van der Waals surface area contributed by atoms with Gasteiger partial charge in [-0.2, -0.15) is 0 Å². The molecule has 1 nitrogen and oxygen atoms in total. The second-order valence-corrected chi connectivity index (χ2v) is 14.7. The maximum absolute atomic E-state index is 2.32. The molecule has 2 heteroatoms. The van der Waals surface area contributed by atoms with Crippen LogP contribution in [0.3, 0.4) is 0 Å². The number of rotatable bonds is 5. The Morgan fingerprint density at radius 1 is 1.00 bits per heavy atom. The molecule has 0 bridgehead atoms. The molecular formula is C11H24InN. The van der Waals surface area contributed by atoms with Gasteiger partial charge in [0.1, 0.15) is 0 Å². The molecule has 0 atom stereocenters. The summed E-state index contributed by atoms with van der Waals surface area (Å²) in [6, 6.07) is 0. The predicted molar refractivity (Wildman–Crippen MR) is 61.8 cm³/mol. The minimum atomic E-state index is -0.867. The van der Waals surface area contributed by atoms with Gasteiger partial charge in [0.2, 0.25) is 0 Å². The molecule has 1 aliphatic heterocycles. The van der Waals surface area contributed by atoms with Gasteiger partial charge in [-0.05, 0) is 0 Å². The molecule has 76 valence electrons. The molecular weight excluding hydrogens is 261 g/mol. The zero-order chi connectivity index (χ0) is 9.52. The molecule has 0 saturated carbocycles. The van der Waals surface area contributed by atoms with Crippen LogP contribution in [0.2, 0.25) is 12.5 Å². The molecule has 0 aromatic heterocycles. The first kappa shape index (κ1) is 11.9. The topological polar surface area (TPSA) is 3.24 Å². The molecule has 1 heterocycles. The van der Waals surface area contributed by atoms with Gasteiger partial charge in [0, 0.05) is 0 Å². The van der Waals surface area contributed by atoms with Crippen molar-refractivity contribution in [3.63, 3.8) is 0 Å². The van der Waals surface area contributed by atoms with Gasteiger partial charge in [-0.3, -0.25) is 0 Å². The van der Waals surface area contributed by atoms with Gasteiger partial charge in [-0.1, -0.05) is 0 Å². The van der Waals surface area contributed by atoms with Gasteiger partial charge in [-0.25, -0.2) is 0 Å². The van der Waals surface area contributed by atoms with Crippen molar-refractivity contribution in [2.75, 3.05) is 20.6 Å². The van der Waals surface area contributed by atoms with Gasteiger partial charge in [0.25, 0.3) is 0 Å². The SMILES string of the molecule is CN(C)CCC[CH2][In]1[CH2]CCC[CH2]1. The Balaban J connectivity index is 1.92. The Bertz CT molecular complexity index is 119. The Labute approximate surface area is 91.4 Å². The van der Waals surface area contributed by atoms with Crippen LogP contribution in [0.15, 0.2) is 0 Å². The molecule has 0 N–H and O–H groups in total. The van der Waals surface area contributed by atoms with E-state index in [0.29, 0.717) is 0 Å². The first-order valence-electron chi connectivity index (χ1n) is 5.94. The first-order valence-corrected chi connectivity index (χ1v) is 12.9. The summed E-state index contributed by atoms with van der Waals surface area (Å²) < 4.78 is 5.16. The Hall–Kier alpha value is 0.830. The van der Waals surface area contributed by atoms with Crippen molar-refractivity contribution < 1.29 is 0 Å². The van der Waals surface area contributed by atoms with E-state index in [9.17, 15) is 0 Å². The Morgan fingerprint density at radius 2 is 1.69 bits per heavy atom. The third-order valence-electron chi connectivity index (χ3n) is 3.19. The third kappa shape index (κ3) is 6.01. The summed E-state index contributed by atoms with van der Waals surface area (Å²) >= 11 is -0.867. The molecule has 0 amide bonds. The van der Waals surface area contributed by atoms with Crippen LogP contribution >= 0.6 is 0 Å². The molecule has 13 heavy (non-hydrogen) atoms. The summed E-state index contributed by atoms with van der Waals surface area (Å²) in [7, 11) is 4.37. The molecule has 1 fully saturated rings. The Morgan fingerprint density at radius 3 is 2.31 bits per heavy atom. The molecule has 0 aliphatic carbocycles. The molecule has 0 aromatic rings. The summed E-state index contributed by atoms with van der Waals surface area (Å²) in [6.07, 6.45) is 7.72. The first-order chi connectivity index (χ1) is 6.29. The van der Waals surface area contributed by atoms with Gasteiger partial charge in [0.05, 0.1) is 0 Å². The summed E-state index contributed by atoms with van der Waals surface area (Å²) in [6.45, 7) is 1.30. The number of unbranched alkanes of at least 4 members (excludes halogenated alkanes) is 1. The Kier molecular flexibility index (Phi) is 6.56. The molecule has 0 spiro atoms. The van der Waals surface area contributed by atoms with Crippen molar-refractivity contribution in [3.8, 4) is 0 Å². The van der Waals surface area contributed by atoms with Crippen LogP contribution < -0.4 is 0 Å². The monoisotopic (exact) mass is 285 g/mol. The second-order valence-electron chi connectivity index (χ2n) is 4.80. The van der Waals surface area contributed by atoms with E-state index in [1.54, 1.807) is 38.2 Å². The molecule has 1 saturated heterocycles. The zero-order valence-electron chi connectivity index (χ0n) is 9.39. The summed E-state index contributed by atoms with van der Waals surface area (Å²) in [4.78, 5) is 2.32. The fraction of sp³-hybridized carbons (Fsp3) is 1.00. The van der Waals surface area contributed by atoms with Crippen molar-refractivity contribution >= 4 is 21.4 Å². The van der Waals surface area contributed by atoms with Gasteiger partial charge in [0.15, 0.2) is 0 Å². The fourth-order valence-corrected chi connectivity index (χ4v) is 12.2. The van der Waals surface area contributed by atoms with E-state index in [-0.39, 0.29) is 0 Å². The van der Waals surface area contributed by atoms with Gasteiger partial charge < -0.3 is 0 Å². The molecule has 0 aromatic carbocycles. The average molecular weight is 285 g/mol.